The Kier molecular flexibility index (Phi) is 5.71. The van der Waals surface area contributed by atoms with Crippen molar-refractivity contribution in [3.8, 4) is 10.9 Å². The van der Waals surface area contributed by atoms with Gasteiger partial charge >= 0.3 is 0 Å². The molecule has 1 fully saturated rings. The van der Waals surface area contributed by atoms with E-state index in [0.717, 1.165) is 17.9 Å². The van der Waals surface area contributed by atoms with E-state index in [0.29, 0.717) is 34.6 Å². The average Bonchev–Trinajstić information content (AvgIpc) is 3.47. The Balaban J connectivity index is 1.43. The van der Waals surface area contributed by atoms with Crippen LogP contribution in [0.4, 0.5) is 0 Å². The zero-order valence-electron chi connectivity index (χ0n) is 16.1. The predicted molar refractivity (Wildman–Crippen MR) is 111 cm³/mol. The second-order valence-electron chi connectivity index (χ2n) is 7.11. The molecule has 1 saturated carbocycles. The smallest absolute Gasteiger partial charge is 0.263 e. The maximum absolute atomic E-state index is 12.5. The van der Waals surface area contributed by atoms with E-state index in [-0.39, 0.29) is 11.5 Å². The van der Waals surface area contributed by atoms with Crippen molar-refractivity contribution in [3.63, 3.8) is 0 Å². The minimum Gasteiger partial charge on any atom is -0.493 e. The van der Waals surface area contributed by atoms with Crippen molar-refractivity contribution in [2.24, 2.45) is 5.92 Å². The topological polar surface area (TPSA) is 86.1 Å². The molecule has 1 N–H and O–H groups in total. The van der Waals surface area contributed by atoms with Gasteiger partial charge in [-0.3, -0.25) is 19.1 Å². The first-order valence-corrected chi connectivity index (χ1v) is 10.4. The van der Waals surface area contributed by atoms with E-state index in [1.807, 2.05) is 12.1 Å². The maximum atomic E-state index is 12.5. The normalized spacial score (nSPS) is 13.3. The van der Waals surface area contributed by atoms with E-state index in [1.165, 1.54) is 34.8 Å². The largest absolute Gasteiger partial charge is 0.493 e. The first-order chi connectivity index (χ1) is 14.1. The molecule has 0 atom stereocenters. The molecule has 1 aliphatic rings. The van der Waals surface area contributed by atoms with Crippen LogP contribution in [-0.4, -0.2) is 27.0 Å². The maximum Gasteiger partial charge on any atom is 0.263 e. The van der Waals surface area contributed by atoms with Gasteiger partial charge in [0.15, 0.2) is 5.13 Å². The number of thiazole rings is 1. The zero-order valence-corrected chi connectivity index (χ0v) is 16.9. The molecule has 0 aromatic carbocycles. The van der Waals surface area contributed by atoms with Crippen LogP contribution in [0.3, 0.4) is 0 Å². The molecule has 3 aromatic heterocycles. The minimum absolute atomic E-state index is 0.219. The van der Waals surface area contributed by atoms with Gasteiger partial charge in [-0.15, -0.1) is 0 Å². The Bertz CT molecular complexity index is 1060. The average molecular weight is 410 g/mol. The number of aryl methyl sites for hydroxylation is 1. The van der Waals surface area contributed by atoms with Crippen LogP contribution in [0.25, 0.3) is 5.13 Å². The lowest BCUT2D eigenvalue weighted by Gasteiger charge is -2.06. The van der Waals surface area contributed by atoms with Crippen LogP contribution >= 0.6 is 11.3 Å². The summed E-state index contributed by atoms with van der Waals surface area (Å²) in [5.74, 6) is 1.13. The van der Waals surface area contributed by atoms with Crippen LogP contribution in [0.15, 0.2) is 47.7 Å². The molecular weight excluding hydrogens is 388 g/mol. The summed E-state index contributed by atoms with van der Waals surface area (Å²) < 4.78 is 7.10. The second-order valence-corrected chi connectivity index (χ2v) is 8.08. The van der Waals surface area contributed by atoms with Crippen LogP contribution in [0.5, 0.6) is 5.75 Å². The Morgan fingerprint density at radius 2 is 2.24 bits per heavy atom. The van der Waals surface area contributed by atoms with E-state index < -0.39 is 0 Å². The number of carbonyl (C=O) groups is 1. The van der Waals surface area contributed by atoms with Gasteiger partial charge in [0.05, 0.1) is 12.3 Å². The Morgan fingerprint density at radius 3 is 2.97 bits per heavy atom. The summed E-state index contributed by atoms with van der Waals surface area (Å²) in [6.07, 6.45) is 8.64. The lowest BCUT2D eigenvalue weighted by atomic mass is 10.3. The molecule has 0 spiro atoms. The lowest BCUT2D eigenvalue weighted by molar-refractivity contribution is 0.0954. The summed E-state index contributed by atoms with van der Waals surface area (Å²) in [5.41, 5.74) is 1.27. The van der Waals surface area contributed by atoms with Crippen LogP contribution in [0.2, 0.25) is 0 Å². The van der Waals surface area contributed by atoms with Gasteiger partial charge in [-0.25, -0.2) is 4.98 Å². The first-order valence-electron chi connectivity index (χ1n) is 9.60. The van der Waals surface area contributed by atoms with E-state index >= 15 is 0 Å². The molecule has 0 aliphatic heterocycles. The van der Waals surface area contributed by atoms with Gasteiger partial charge in [0.2, 0.25) is 0 Å². The van der Waals surface area contributed by atoms with Crippen molar-refractivity contribution in [2.45, 2.75) is 32.7 Å². The number of hydrogen-bond acceptors (Lipinski definition) is 6. The molecule has 150 valence electrons. The van der Waals surface area contributed by atoms with Gasteiger partial charge in [0.1, 0.15) is 10.6 Å². The molecule has 0 saturated heterocycles. The highest BCUT2D eigenvalue weighted by Gasteiger charge is 2.21. The number of amides is 1. The number of carbonyl (C=O) groups excluding carboxylic acids is 1. The first kappa shape index (κ1) is 19.3. The van der Waals surface area contributed by atoms with Gasteiger partial charge in [-0.1, -0.05) is 30.2 Å². The van der Waals surface area contributed by atoms with Crippen molar-refractivity contribution in [2.75, 3.05) is 6.61 Å². The number of rotatable bonds is 8. The highest BCUT2D eigenvalue weighted by molar-refractivity contribution is 7.16. The molecule has 3 heterocycles. The molecule has 29 heavy (non-hydrogen) atoms. The standard InChI is InChI=1S/C21H22N4O3S/c1-14-19(20(27)23-13-16-3-2-8-22-12-16)29-21(24-14)25-9-6-17(11-18(25)26)28-10-7-15-4-5-15/h2-3,6,8-9,11-12,15H,4-5,7,10,13H2,1H3,(H,23,27). The summed E-state index contributed by atoms with van der Waals surface area (Å²) in [4.78, 5) is 34.0. The molecule has 4 rings (SSSR count). The molecule has 3 aromatic rings. The molecule has 8 heteroatoms. The molecule has 7 nitrogen and oxygen atoms in total. The molecule has 0 radical (unpaired) electrons. The summed E-state index contributed by atoms with van der Waals surface area (Å²) in [7, 11) is 0. The van der Waals surface area contributed by atoms with Gasteiger partial charge in [0.25, 0.3) is 11.5 Å². The highest BCUT2D eigenvalue weighted by atomic mass is 32.1. The SMILES string of the molecule is Cc1nc(-n2ccc(OCCC3CC3)cc2=O)sc1C(=O)NCc1cccnc1. The van der Waals surface area contributed by atoms with Crippen LogP contribution in [0.1, 0.15) is 40.2 Å². The fourth-order valence-corrected chi connectivity index (χ4v) is 3.89. The molecule has 1 aliphatic carbocycles. The Hall–Kier alpha value is -3.00. The van der Waals surface area contributed by atoms with Crippen LogP contribution in [0, 0.1) is 12.8 Å². The van der Waals surface area contributed by atoms with Gasteiger partial charge in [-0.2, -0.15) is 0 Å². The zero-order chi connectivity index (χ0) is 20.2. The highest BCUT2D eigenvalue weighted by Crippen LogP contribution is 2.32. The van der Waals surface area contributed by atoms with E-state index in [9.17, 15) is 9.59 Å². The van der Waals surface area contributed by atoms with Crippen molar-refractivity contribution < 1.29 is 9.53 Å². The van der Waals surface area contributed by atoms with Crippen molar-refractivity contribution >= 4 is 17.2 Å². The number of ether oxygens (including phenoxy) is 1. The molecule has 1 amide bonds. The van der Waals surface area contributed by atoms with E-state index in [1.54, 1.807) is 31.6 Å². The summed E-state index contributed by atoms with van der Waals surface area (Å²) in [6.45, 7) is 2.78. The Morgan fingerprint density at radius 1 is 1.38 bits per heavy atom. The number of nitrogens with one attached hydrogen (secondary N) is 1. The van der Waals surface area contributed by atoms with Crippen molar-refractivity contribution in [1.29, 1.82) is 0 Å². The third-order valence-electron chi connectivity index (χ3n) is 4.76. The number of aromatic nitrogens is 3. The van der Waals surface area contributed by atoms with Crippen molar-refractivity contribution in [1.82, 2.24) is 19.9 Å². The molecule has 0 bridgehead atoms. The number of nitrogens with zero attached hydrogens (tertiary/aromatic N) is 3. The van der Waals surface area contributed by atoms with Gasteiger partial charge in [-0.05, 0) is 37.0 Å². The lowest BCUT2D eigenvalue weighted by Crippen LogP contribution is -2.22. The predicted octanol–water partition coefficient (Wildman–Crippen LogP) is 3.11. The van der Waals surface area contributed by atoms with Crippen LogP contribution < -0.4 is 15.6 Å². The minimum atomic E-state index is -0.231. The van der Waals surface area contributed by atoms with Gasteiger partial charge in [0, 0.05) is 31.2 Å². The fraction of sp³-hybridized carbons (Fsp3) is 0.333. The molecular formula is C21H22N4O3S. The quantitative estimate of drug-likeness (QED) is 0.617. The third-order valence-corrected chi connectivity index (χ3v) is 5.91. The van der Waals surface area contributed by atoms with Gasteiger partial charge < -0.3 is 10.1 Å². The monoisotopic (exact) mass is 410 g/mol. The fourth-order valence-electron chi connectivity index (χ4n) is 2.92. The van der Waals surface area contributed by atoms with E-state index in [2.05, 4.69) is 15.3 Å². The second kappa shape index (κ2) is 8.57. The summed E-state index contributed by atoms with van der Waals surface area (Å²) >= 11 is 1.19. The Labute approximate surface area is 172 Å². The molecule has 0 unspecified atom stereocenters. The number of hydrogen-bond donors (Lipinski definition) is 1. The van der Waals surface area contributed by atoms with E-state index in [4.69, 9.17) is 4.74 Å². The van der Waals surface area contributed by atoms with Crippen LogP contribution in [-0.2, 0) is 6.54 Å². The summed E-state index contributed by atoms with van der Waals surface area (Å²) in [6, 6.07) is 6.94. The third kappa shape index (κ3) is 4.89. The number of pyridine rings is 2. The van der Waals surface area contributed by atoms with Crippen molar-refractivity contribution in [3.05, 3.63) is 69.3 Å². The summed E-state index contributed by atoms with van der Waals surface area (Å²) in [5, 5.41) is 3.33.